The standard InChI is InChI=1S/C15H19N3O/c19-11-14-15(12-7-3-1-4-8-12)18(17-16-14)13-9-5-2-6-10-13/h2,5-6,9-10,12,19H,1,3-4,7-8,11H2. The van der Waals surface area contributed by atoms with Crippen molar-refractivity contribution in [2.45, 2.75) is 44.6 Å². The van der Waals surface area contributed by atoms with Crippen molar-refractivity contribution < 1.29 is 5.11 Å². The Hall–Kier alpha value is -1.68. The number of aliphatic hydroxyl groups is 1. The number of hydrogen-bond donors (Lipinski definition) is 1. The smallest absolute Gasteiger partial charge is 0.112 e. The number of aliphatic hydroxyl groups excluding tert-OH is 1. The van der Waals surface area contributed by atoms with E-state index in [0.29, 0.717) is 5.92 Å². The highest BCUT2D eigenvalue weighted by Gasteiger charge is 2.24. The zero-order chi connectivity index (χ0) is 13.1. The molecule has 1 saturated carbocycles. The maximum atomic E-state index is 9.49. The minimum Gasteiger partial charge on any atom is -0.390 e. The maximum Gasteiger partial charge on any atom is 0.112 e. The minimum atomic E-state index is -0.0291. The molecule has 0 saturated heterocycles. The van der Waals surface area contributed by atoms with Gasteiger partial charge < -0.3 is 5.11 Å². The summed E-state index contributed by atoms with van der Waals surface area (Å²) in [5.74, 6) is 0.478. The van der Waals surface area contributed by atoms with Gasteiger partial charge in [0.05, 0.1) is 18.0 Å². The molecule has 0 spiro atoms. The highest BCUT2D eigenvalue weighted by Crippen LogP contribution is 2.34. The number of rotatable bonds is 3. The molecule has 1 aromatic heterocycles. The Morgan fingerprint density at radius 2 is 1.84 bits per heavy atom. The van der Waals surface area contributed by atoms with Crippen LogP contribution in [0.4, 0.5) is 0 Å². The summed E-state index contributed by atoms with van der Waals surface area (Å²) in [5, 5.41) is 17.9. The second-order valence-electron chi connectivity index (χ2n) is 5.16. The summed E-state index contributed by atoms with van der Waals surface area (Å²) >= 11 is 0. The van der Waals surface area contributed by atoms with E-state index in [4.69, 9.17) is 0 Å². The molecule has 4 nitrogen and oxygen atoms in total. The van der Waals surface area contributed by atoms with Crippen LogP contribution in [0.2, 0.25) is 0 Å². The third kappa shape index (κ3) is 2.40. The molecule has 0 radical (unpaired) electrons. The molecule has 0 unspecified atom stereocenters. The average Bonchev–Trinajstić information content (AvgIpc) is 2.93. The summed E-state index contributed by atoms with van der Waals surface area (Å²) < 4.78 is 1.90. The summed E-state index contributed by atoms with van der Waals surface area (Å²) in [6.45, 7) is -0.0291. The highest BCUT2D eigenvalue weighted by atomic mass is 16.3. The van der Waals surface area contributed by atoms with Crippen LogP contribution in [0, 0.1) is 0 Å². The van der Waals surface area contributed by atoms with Gasteiger partial charge in [0, 0.05) is 5.92 Å². The van der Waals surface area contributed by atoms with Crippen LogP contribution >= 0.6 is 0 Å². The largest absolute Gasteiger partial charge is 0.390 e. The van der Waals surface area contributed by atoms with E-state index in [1.807, 2.05) is 35.0 Å². The van der Waals surface area contributed by atoms with Crippen molar-refractivity contribution in [2.75, 3.05) is 0 Å². The third-order valence-corrected chi connectivity index (χ3v) is 3.92. The minimum absolute atomic E-state index is 0.0291. The average molecular weight is 257 g/mol. The summed E-state index contributed by atoms with van der Waals surface area (Å²) in [7, 11) is 0. The summed E-state index contributed by atoms with van der Waals surface area (Å²) in [4.78, 5) is 0. The van der Waals surface area contributed by atoms with Gasteiger partial charge in [0.1, 0.15) is 5.69 Å². The predicted octanol–water partition coefficient (Wildman–Crippen LogP) is 2.81. The Morgan fingerprint density at radius 1 is 1.11 bits per heavy atom. The molecule has 0 bridgehead atoms. The van der Waals surface area contributed by atoms with Gasteiger partial charge in [0.2, 0.25) is 0 Å². The molecule has 4 heteroatoms. The lowest BCUT2D eigenvalue weighted by Gasteiger charge is -2.23. The van der Waals surface area contributed by atoms with Gasteiger partial charge in [0.25, 0.3) is 0 Å². The van der Waals surface area contributed by atoms with Crippen LogP contribution in [-0.2, 0) is 6.61 Å². The van der Waals surface area contributed by atoms with Crippen LogP contribution in [0.15, 0.2) is 30.3 Å². The van der Waals surface area contributed by atoms with Gasteiger partial charge in [0.15, 0.2) is 0 Å². The summed E-state index contributed by atoms with van der Waals surface area (Å²) in [6.07, 6.45) is 6.18. The Labute approximate surface area is 113 Å². The first-order valence-electron chi connectivity index (χ1n) is 7.01. The molecule has 19 heavy (non-hydrogen) atoms. The van der Waals surface area contributed by atoms with Gasteiger partial charge in [-0.15, -0.1) is 5.10 Å². The van der Waals surface area contributed by atoms with E-state index < -0.39 is 0 Å². The fraction of sp³-hybridized carbons (Fsp3) is 0.467. The molecule has 1 heterocycles. The monoisotopic (exact) mass is 257 g/mol. The van der Waals surface area contributed by atoms with E-state index in [-0.39, 0.29) is 6.61 Å². The highest BCUT2D eigenvalue weighted by molar-refractivity contribution is 5.34. The van der Waals surface area contributed by atoms with Gasteiger partial charge in [-0.05, 0) is 25.0 Å². The Morgan fingerprint density at radius 3 is 2.53 bits per heavy atom. The van der Waals surface area contributed by atoms with E-state index >= 15 is 0 Å². The van der Waals surface area contributed by atoms with Crippen molar-refractivity contribution in [1.82, 2.24) is 15.0 Å². The Balaban J connectivity index is 2.03. The van der Waals surface area contributed by atoms with E-state index in [1.165, 1.54) is 32.1 Å². The van der Waals surface area contributed by atoms with Gasteiger partial charge >= 0.3 is 0 Å². The van der Waals surface area contributed by atoms with Crippen molar-refractivity contribution in [1.29, 1.82) is 0 Å². The van der Waals surface area contributed by atoms with Crippen molar-refractivity contribution in [3.8, 4) is 5.69 Å². The van der Waals surface area contributed by atoms with Crippen LogP contribution < -0.4 is 0 Å². The van der Waals surface area contributed by atoms with E-state index in [9.17, 15) is 5.11 Å². The number of aromatic nitrogens is 3. The van der Waals surface area contributed by atoms with Crippen molar-refractivity contribution in [2.24, 2.45) is 0 Å². The molecule has 2 aromatic rings. The number of hydrogen-bond acceptors (Lipinski definition) is 3. The molecule has 0 aliphatic heterocycles. The Bertz CT molecular complexity index is 530. The number of nitrogens with zero attached hydrogens (tertiary/aromatic N) is 3. The van der Waals surface area contributed by atoms with Crippen LogP contribution in [0.25, 0.3) is 5.69 Å². The quantitative estimate of drug-likeness (QED) is 0.919. The summed E-state index contributed by atoms with van der Waals surface area (Å²) in [6, 6.07) is 10.1. The zero-order valence-electron chi connectivity index (χ0n) is 11.0. The lowest BCUT2D eigenvalue weighted by molar-refractivity contribution is 0.273. The van der Waals surface area contributed by atoms with Crippen LogP contribution in [-0.4, -0.2) is 20.1 Å². The molecule has 3 rings (SSSR count). The van der Waals surface area contributed by atoms with Crippen LogP contribution in [0.5, 0.6) is 0 Å². The molecule has 1 aliphatic carbocycles. The number of benzene rings is 1. The molecule has 1 fully saturated rings. The molecular formula is C15H19N3O. The second-order valence-corrected chi connectivity index (χ2v) is 5.16. The van der Waals surface area contributed by atoms with E-state index in [2.05, 4.69) is 10.3 Å². The fourth-order valence-electron chi connectivity index (χ4n) is 2.98. The van der Waals surface area contributed by atoms with Crippen molar-refractivity contribution >= 4 is 0 Å². The molecule has 1 N–H and O–H groups in total. The first-order valence-corrected chi connectivity index (χ1v) is 7.01. The second kappa shape index (κ2) is 5.53. The summed E-state index contributed by atoms with van der Waals surface area (Å²) in [5.41, 5.74) is 2.86. The topological polar surface area (TPSA) is 50.9 Å². The molecule has 100 valence electrons. The first-order chi connectivity index (χ1) is 9.40. The fourth-order valence-corrected chi connectivity index (χ4v) is 2.98. The predicted molar refractivity (Wildman–Crippen MR) is 73.1 cm³/mol. The Kier molecular flexibility index (Phi) is 3.60. The molecule has 1 aliphatic rings. The van der Waals surface area contributed by atoms with Crippen molar-refractivity contribution in [3.63, 3.8) is 0 Å². The third-order valence-electron chi connectivity index (χ3n) is 3.92. The molecule has 0 amide bonds. The lowest BCUT2D eigenvalue weighted by Crippen LogP contribution is -2.12. The lowest BCUT2D eigenvalue weighted by atomic mass is 9.86. The maximum absolute atomic E-state index is 9.49. The van der Waals surface area contributed by atoms with Gasteiger partial charge in [-0.25, -0.2) is 4.68 Å². The van der Waals surface area contributed by atoms with Crippen LogP contribution in [0.3, 0.4) is 0 Å². The first kappa shape index (κ1) is 12.4. The zero-order valence-corrected chi connectivity index (χ0v) is 11.0. The van der Waals surface area contributed by atoms with Gasteiger partial charge in [-0.3, -0.25) is 0 Å². The van der Waals surface area contributed by atoms with Gasteiger partial charge in [-0.2, -0.15) is 0 Å². The SMILES string of the molecule is OCc1nnn(-c2ccccc2)c1C1CCCCC1. The van der Waals surface area contributed by atoms with Crippen LogP contribution in [0.1, 0.15) is 49.4 Å². The van der Waals surface area contributed by atoms with Crippen molar-refractivity contribution in [3.05, 3.63) is 41.7 Å². The normalized spacial score (nSPS) is 16.7. The number of para-hydroxylation sites is 1. The molecule has 0 atom stereocenters. The molecule has 1 aromatic carbocycles. The van der Waals surface area contributed by atoms with Gasteiger partial charge in [-0.1, -0.05) is 42.7 Å². The molecular weight excluding hydrogens is 238 g/mol. The van der Waals surface area contributed by atoms with E-state index in [1.54, 1.807) is 0 Å². The van der Waals surface area contributed by atoms with E-state index in [0.717, 1.165) is 17.1 Å².